The molecule has 2 aromatic rings. The van der Waals surface area contributed by atoms with Crippen LogP contribution in [0.2, 0.25) is 0 Å². The molecule has 30 heavy (non-hydrogen) atoms. The van der Waals surface area contributed by atoms with Crippen LogP contribution >= 0.6 is 0 Å². The summed E-state index contributed by atoms with van der Waals surface area (Å²) in [6.45, 7) is 1.34. The maximum absolute atomic E-state index is 12.9. The quantitative estimate of drug-likeness (QED) is 0.287. The maximum atomic E-state index is 12.9. The van der Waals surface area contributed by atoms with Crippen LogP contribution in [0.4, 0.5) is 15.8 Å². The number of Topliss-reactive ketones (excluding diaryl/α,β-unsaturated/α-hetero) is 1. The van der Waals surface area contributed by atoms with Gasteiger partial charge in [-0.2, -0.15) is 0 Å². The number of ketones is 1. The third kappa shape index (κ3) is 6.09. The Morgan fingerprint density at radius 2 is 1.80 bits per heavy atom. The van der Waals surface area contributed by atoms with Gasteiger partial charge in [0.15, 0.2) is 11.9 Å². The predicted molar refractivity (Wildman–Crippen MR) is 104 cm³/mol. The second-order valence-corrected chi connectivity index (χ2v) is 6.19. The fourth-order valence-electron chi connectivity index (χ4n) is 2.44. The van der Waals surface area contributed by atoms with Crippen LogP contribution in [0.1, 0.15) is 30.1 Å². The molecule has 0 radical (unpaired) electrons. The lowest BCUT2D eigenvalue weighted by Crippen LogP contribution is -2.30. The third-order valence-electron chi connectivity index (χ3n) is 4.05. The Labute approximate surface area is 170 Å². The molecule has 0 unspecified atom stereocenters. The molecule has 0 bridgehead atoms. The van der Waals surface area contributed by atoms with Crippen LogP contribution < -0.4 is 10.1 Å². The van der Waals surface area contributed by atoms with Gasteiger partial charge in [-0.05, 0) is 37.3 Å². The number of amides is 1. The van der Waals surface area contributed by atoms with E-state index in [1.165, 1.54) is 38.3 Å². The summed E-state index contributed by atoms with van der Waals surface area (Å²) in [6.07, 6.45) is -1.60. The lowest BCUT2D eigenvalue weighted by molar-refractivity contribution is -0.384. The van der Waals surface area contributed by atoms with E-state index in [1.807, 2.05) is 0 Å². The monoisotopic (exact) mass is 418 g/mol. The SMILES string of the molecule is COc1cc([N+](=O)[O-])ccc1NC(=O)[C@H](C)OC(=O)CCC(=O)c1ccc(F)cc1. The number of non-ortho nitro benzene ring substituents is 1. The van der Waals surface area contributed by atoms with Gasteiger partial charge in [0.05, 0.1) is 30.2 Å². The first kappa shape index (κ1) is 22.5. The number of rotatable bonds is 9. The molecule has 0 aliphatic carbocycles. The maximum Gasteiger partial charge on any atom is 0.307 e. The van der Waals surface area contributed by atoms with Gasteiger partial charge in [0.1, 0.15) is 11.6 Å². The number of halogens is 1. The molecule has 0 aliphatic rings. The molecule has 2 aromatic carbocycles. The van der Waals surface area contributed by atoms with E-state index in [0.29, 0.717) is 0 Å². The minimum Gasteiger partial charge on any atom is -0.494 e. The van der Waals surface area contributed by atoms with Crippen LogP contribution in [0.3, 0.4) is 0 Å². The Morgan fingerprint density at radius 3 is 2.40 bits per heavy atom. The molecule has 2 rings (SSSR count). The average molecular weight is 418 g/mol. The Balaban J connectivity index is 1.89. The van der Waals surface area contributed by atoms with Gasteiger partial charge in [-0.1, -0.05) is 0 Å². The number of methoxy groups -OCH3 is 1. The normalized spacial score (nSPS) is 11.3. The summed E-state index contributed by atoms with van der Waals surface area (Å²) in [5.74, 6) is -2.21. The minimum atomic E-state index is -1.18. The highest BCUT2D eigenvalue weighted by atomic mass is 19.1. The van der Waals surface area contributed by atoms with E-state index in [1.54, 1.807) is 0 Å². The van der Waals surface area contributed by atoms with Gasteiger partial charge < -0.3 is 14.8 Å². The Kier molecular flexibility index (Phi) is 7.56. The highest BCUT2D eigenvalue weighted by Gasteiger charge is 2.21. The summed E-state index contributed by atoms with van der Waals surface area (Å²) < 4.78 is 22.9. The molecular weight excluding hydrogens is 399 g/mol. The number of anilines is 1. The second-order valence-electron chi connectivity index (χ2n) is 6.19. The number of nitrogens with zero attached hydrogens (tertiary/aromatic N) is 1. The third-order valence-corrected chi connectivity index (χ3v) is 4.05. The van der Waals surface area contributed by atoms with Crippen LogP contribution in [-0.4, -0.2) is 35.8 Å². The fraction of sp³-hybridized carbons (Fsp3) is 0.250. The molecular formula is C20H19FN2O7. The van der Waals surface area contributed by atoms with Crippen LogP contribution in [0.15, 0.2) is 42.5 Å². The smallest absolute Gasteiger partial charge is 0.307 e. The number of hydrogen-bond acceptors (Lipinski definition) is 7. The van der Waals surface area contributed by atoms with Crippen molar-refractivity contribution in [3.63, 3.8) is 0 Å². The largest absolute Gasteiger partial charge is 0.494 e. The van der Waals surface area contributed by atoms with Crippen LogP contribution in [0.5, 0.6) is 5.75 Å². The van der Waals surface area contributed by atoms with E-state index < -0.39 is 28.7 Å². The number of esters is 1. The highest BCUT2D eigenvalue weighted by Crippen LogP contribution is 2.29. The number of ether oxygens (including phenoxy) is 2. The van der Waals surface area contributed by atoms with E-state index >= 15 is 0 Å². The van der Waals surface area contributed by atoms with Crippen molar-refractivity contribution < 1.29 is 33.2 Å². The summed E-state index contributed by atoms with van der Waals surface area (Å²) >= 11 is 0. The van der Waals surface area contributed by atoms with Crippen molar-refractivity contribution in [2.75, 3.05) is 12.4 Å². The van der Waals surface area contributed by atoms with Crippen molar-refractivity contribution in [3.8, 4) is 5.75 Å². The lowest BCUT2D eigenvalue weighted by Gasteiger charge is -2.15. The summed E-state index contributed by atoms with van der Waals surface area (Å²) in [4.78, 5) is 46.4. The molecule has 1 amide bonds. The van der Waals surface area contributed by atoms with E-state index in [4.69, 9.17) is 9.47 Å². The zero-order chi connectivity index (χ0) is 22.3. The van der Waals surface area contributed by atoms with Gasteiger partial charge in [0.2, 0.25) is 0 Å². The van der Waals surface area contributed by atoms with Crippen molar-refractivity contribution in [1.82, 2.24) is 0 Å². The average Bonchev–Trinajstić information content (AvgIpc) is 2.72. The van der Waals surface area contributed by atoms with Crippen LogP contribution in [0.25, 0.3) is 0 Å². The number of hydrogen-bond donors (Lipinski definition) is 1. The Bertz CT molecular complexity index is 960. The van der Waals surface area contributed by atoms with Gasteiger partial charge in [-0.25, -0.2) is 4.39 Å². The van der Waals surface area contributed by atoms with Crippen molar-refractivity contribution in [2.45, 2.75) is 25.9 Å². The summed E-state index contributed by atoms with van der Waals surface area (Å²) in [5, 5.41) is 13.3. The number of nitro benzene ring substituents is 1. The molecule has 0 saturated heterocycles. The first-order valence-corrected chi connectivity index (χ1v) is 8.82. The van der Waals surface area contributed by atoms with E-state index in [0.717, 1.165) is 18.2 Å². The molecule has 0 aliphatic heterocycles. The van der Waals surface area contributed by atoms with Gasteiger partial charge in [-0.3, -0.25) is 24.5 Å². The Hall–Kier alpha value is -3.82. The fourth-order valence-corrected chi connectivity index (χ4v) is 2.44. The molecule has 1 N–H and O–H groups in total. The van der Waals surface area contributed by atoms with E-state index in [-0.39, 0.29) is 41.3 Å². The summed E-state index contributed by atoms with van der Waals surface area (Å²) in [7, 11) is 1.29. The lowest BCUT2D eigenvalue weighted by atomic mass is 10.1. The molecule has 9 nitrogen and oxygen atoms in total. The summed E-state index contributed by atoms with van der Waals surface area (Å²) in [5.41, 5.74) is 0.220. The number of nitrogens with one attached hydrogen (secondary N) is 1. The number of carbonyl (C=O) groups is 3. The number of nitro groups is 1. The number of carbonyl (C=O) groups excluding carboxylic acids is 3. The second kappa shape index (κ2) is 10.1. The zero-order valence-corrected chi connectivity index (χ0v) is 16.2. The molecule has 0 saturated carbocycles. The number of benzene rings is 2. The summed E-state index contributed by atoms with van der Waals surface area (Å²) in [6, 6.07) is 8.55. The van der Waals surface area contributed by atoms with Crippen molar-refractivity contribution in [1.29, 1.82) is 0 Å². The van der Waals surface area contributed by atoms with E-state index in [2.05, 4.69) is 5.32 Å². The van der Waals surface area contributed by atoms with Gasteiger partial charge in [0, 0.05) is 18.1 Å². The van der Waals surface area contributed by atoms with E-state index in [9.17, 15) is 28.9 Å². The topological polar surface area (TPSA) is 125 Å². The first-order chi connectivity index (χ1) is 14.2. The molecule has 10 heteroatoms. The van der Waals surface area contributed by atoms with Gasteiger partial charge in [0.25, 0.3) is 11.6 Å². The predicted octanol–water partition coefficient (Wildman–Crippen LogP) is 3.28. The van der Waals surface area contributed by atoms with Gasteiger partial charge in [-0.15, -0.1) is 0 Å². The van der Waals surface area contributed by atoms with Gasteiger partial charge >= 0.3 is 5.97 Å². The minimum absolute atomic E-state index is 0.0703. The Morgan fingerprint density at radius 1 is 1.13 bits per heavy atom. The standard InChI is InChI=1S/C20H19FN2O7/c1-12(20(26)22-16-8-7-15(23(27)28)11-18(16)29-2)30-19(25)10-9-17(24)13-3-5-14(21)6-4-13/h3-8,11-12H,9-10H2,1-2H3,(H,22,26)/t12-/m0/s1. The molecule has 0 heterocycles. The van der Waals surface area contributed by atoms with Crippen molar-refractivity contribution in [2.24, 2.45) is 0 Å². The molecule has 0 spiro atoms. The van der Waals surface area contributed by atoms with Crippen LogP contribution in [-0.2, 0) is 14.3 Å². The molecule has 1 atom stereocenters. The van der Waals surface area contributed by atoms with Crippen molar-refractivity contribution in [3.05, 3.63) is 64.0 Å². The molecule has 158 valence electrons. The van der Waals surface area contributed by atoms with Crippen LogP contribution in [0, 0.1) is 15.9 Å². The van der Waals surface area contributed by atoms with Crippen molar-refractivity contribution >= 4 is 29.0 Å². The zero-order valence-electron chi connectivity index (χ0n) is 16.2. The molecule has 0 aromatic heterocycles. The first-order valence-electron chi connectivity index (χ1n) is 8.82. The molecule has 0 fully saturated rings. The highest BCUT2D eigenvalue weighted by molar-refractivity contribution is 5.98.